The molecule has 1 aromatic heterocycles. The SMILES string of the molecule is O=C(O)c1ccc(Oc2c(C(F)(F)F)oc3cc(O)ccc3c2=O)cc1O. The number of carboxylic acid groups (broad SMARTS) is 1. The van der Waals surface area contributed by atoms with E-state index in [0.29, 0.717) is 0 Å². The fourth-order valence-corrected chi connectivity index (χ4v) is 2.32. The number of halogens is 3. The molecule has 140 valence electrons. The largest absolute Gasteiger partial charge is 0.508 e. The highest BCUT2D eigenvalue weighted by molar-refractivity contribution is 5.91. The molecule has 0 bridgehead atoms. The molecule has 0 fully saturated rings. The van der Waals surface area contributed by atoms with Gasteiger partial charge in [0.2, 0.25) is 11.2 Å². The van der Waals surface area contributed by atoms with Gasteiger partial charge in [0.15, 0.2) is 0 Å². The van der Waals surface area contributed by atoms with Crippen LogP contribution in [0.2, 0.25) is 0 Å². The standard InChI is InChI=1S/C17H9F3O7/c18-17(19,20)15-14(13(23)10-3-1-7(21)5-12(10)27-15)26-8-2-4-9(16(24)25)11(22)6-8/h1-6,21-22H,(H,24,25). The van der Waals surface area contributed by atoms with Crippen molar-refractivity contribution in [1.82, 2.24) is 0 Å². The summed E-state index contributed by atoms with van der Waals surface area (Å²) in [5.41, 5.74) is -2.16. The Morgan fingerprint density at radius 1 is 1.07 bits per heavy atom. The average molecular weight is 382 g/mol. The number of carboxylic acids is 1. The van der Waals surface area contributed by atoms with Crippen molar-refractivity contribution in [2.45, 2.75) is 6.18 Å². The average Bonchev–Trinajstić information content (AvgIpc) is 2.55. The topological polar surface area (TPSA) is 117 Å². The van der Waals surface area contributed by atoms with Crippen molar-refractivity contribution in [1.29, 1.82) is 0 Å². The minimum absolute atomic E-state index is 0.276. The van der Waals surface area contributed by atoms with Crippen molar-refractivity contribution in [3.05, 3.63) is 57.9 Å². The summed E-state index contributed by atoms with van der Waals surface area (Å²) >= 11 is 0. The molecule has 0 spiro atoms. The fourth-order valence-electron chi connectivity index (χ4n) is 2.32. The molecule has 0 unspecified atom stereocenters. The summed E-state index contributed by atoms with van der Waals surface area (Å²) in [6.45, 7) is 0. The van der Waals surface area contributed by atoms with Crippen molar-refractivity contribution in [2.75, 3.05) is 0 Å². The van der Waals surface area contributed by atoms with Crippen molar-refractivity contribution in [2.24, 2.45) is 0 Å². The maximum atomic E-state index is 13.3. The molecule has 27 heavy (non-hydrogen) atoms. The van der Waals surface area contributed by atoms with E-state index < -0.39 is 57.5 Å². The lowest BCUT2D eigenvalue weighted by Gasteiger charge is -2.13. The first-order valence-corrected chi connectivity index (χ1v) is 7.19. The molecule has 1 heterocycles. The number of rotatable bonds is 3. The number of fused-ring (bicyclic) bond motifs is 1. The Labute approximate surface area is 147 Å². The molecule has 0 saturated heterocycles. The summed E-state index contributed by atoms with van der Waals surface area (Å²) in [6.07, 6.45) is -5.10. The highest BCUT2D eigenvalue weighted by atomic mass is 19.4. The number of hydrogen-bond acceptors (Lipinski definition) is 6. The molecule has 7 nitrogen and oxygen atoms in total. The molecule has 0 radical (unpaired) electrons. The third-order valence-corrected chi connectivity index (χ3v) is 3.51. The van der Waals surface area contributed by atoms with Crippen LogP contribution in [0, 0.1) is 0 Å². The van der Waals surface area contributed by atoms with E-state index >= 15 is 0 Å². The van der Waals surface area contributed by atoms with E-state index in [1.165, 1.54) is 0 Å². The summed E-state index contributed by atoms with van der Waals surface area (Å²) in [6, 6.07) is 5.64. The van der Waals surface area contributed by atoms with Crippen LogP contribution in [-0.4, -0.2) is 21.3 Å². The number of carbonyl (C=O) groups is 1. The van der Waals surface area contributed by atoms with E-state index in [0.717, 1.165) is 36.4 Å². The monoisotopic (exact) mass is 382 g/mol. The van der Waals surface area contributed by atoms with Crippen LogP contribution in [-0.2, 0) is 6.18 Å². The van der Waals surface area contributed by atoms with Crippen LogP contribution in [0.15, 0.2) is 45.6 Å². The van der Waals surface area contributed by atoms with Crippen molar-refractivity contribution in [3.8, 4) is 23.0 Å². The van der Waals surface area contributed by atoms with Gasteiger partial charge in [0.1, 0.15) is 28.4 Å². The lowest BCUT2D eigenvalue weighted by molar-refractivity contribution is -0.154. The zero-order chi connectivity index (χ0) is 19.9. The second-order valence-electron chi connectivity index (χ2n) is 5.35. The van der Waals surface area contributed by atoms with Crippen LogP contribution < -0.4 is 10.2 Å². The van der Waals surface area contributed by atoms with E-state index in [9.17, 15) is 33.0 Å². The quantitative estimate of drug-likeness (QED) is 0.632. The number of hydrogen-bond donors (Lipinski definition) is 3. The summed E-state index contributed by atoms with van der Waals surface area (Å²) in [5, 5.41) is 27.6. The smallest absolute Gasteiger partial charge is 0.453 e. The van der Waals surface area contributed by atoms with Gasteiger partial charge in [0.05, 0.1) is 5.39 Å². The highest BCUT2D eigenvalue weighted by Crippen LogP contribution is 2.39. The first kappa shape index (κ1) is 18.1. The third kappa shape index (κ3) is 3.36. The lowest BCUT2D eigenvalue weighted by atomic mass is 10.2. The molecule has 0 saturated carbocycles. The number of alkyl halides is 3. The Morgan fingerprint density at radius 2 is 1.78 bits per heavy atom. The van der Waals surface area contributed by atoms with E-state index in [4.69, 9.17) is 14.3 Å². The second-order valence-corrected chi connectivity index (χ2v) is 5.35. The normalized spacial score (nSPS) is 11.5. The predicted molar refractivity (Wildman–Crippen MR) is 84.3 cm³/mol. The zero-order valence-electron chi connectivity index (χ0n) is 13.1. The van der Waals surface area contributed by atoms with Gasteiger partial charge in [-0.2, -0.15) is 13.2 Å². The maximum Gasteiger partial charge on any atom is 0.453 e. The summed E-state index contributed by atoms with van der Waals surface area (Å²) in [5.74, 6) is -5.96. The molecule has 3 aromatic rings. The minimum Gasteiger partial charge on any atom is -0.508 e. The Bertz CT molecular complexity index is 1120. The van der Waals surface area contributed by atoms with Gasteiger partial charge in [0, 0.05) is 12.1 Å². The number of aromatic hydroxyl groups is 2. The molecule has 0 amide bonds. The van der Waals surface area contributed by atoms with Crippen LogP contribution >= 0.6 is 0 Å². The summed E-state index contributed by atoms with van der Waals surface area (Å²) in [4.78, 5) is 23.3. The molecule has 2 aromatic carbocycles. The Morgan fingerprint density at radius 3 is 2.37 bits per heavy atom. The predicted octanol–water partition coefficient (Wildman–Crippen LogP) is 3.71. The molecule has 3 rings (SSSR count). The Balaban J connectivity index is 2.20. The zero-order valence-corrected chi connectivity index (χ0v) is 13.1. The molecule has 0 atom stereocenters. The second kappa shape index (κ2) is 6.24. The van der Waals surface area contributed by atoms with Crippen LogP contribution in [0.25, 0.3) is 11.0 Å². The number of aromatic carboxylic acids is 1. The summed E-state index contributed by atoms with van der Waals surface area (Å²) in [7, 11) is 0. The number of phenols is 2. The minimum atomic E-state index is -5.10. The van der Waals surface area contributed by atoms with Gasteiger partial charge in [-0.15, -0.1) is 0 Å². The molecule has 10 heteroatoms. The molecule has 3 N–H and O–H groups in total. The highest BCUT2D eigenvalue weighted by Gasteiger charge is 2.40. The molecular weight excluding hydrogens is 373 g/mol. The van der Waals surface area contributed by atoms with Crippen LogP contribution in [0.4, 0.5) is 13.2 Å². The van der Waals surface area contributed by atoms with Crippen molar-refractivity contribution < 1.29 is 42.4 Å². The molecule has 0 aliphatic carbocycles. The first-order chi connectivity index (χ1) is 12.6. The van der Waals surface area contributed by atoms with Gasteiger partial charge in [-0.25, -0.2) is 4.79 Å². The Kier molecular flexibility index (Phi) is 4.18. The maximum absolute atomic E-state index is 13.3. The van der Waals surface area contributed by atoms with E-state index in [2.05, 4.69) is 0 Å². The van der Waals surface area contributed by atoms with Gasteiger partial charge >= 0.3 is 12.1 Å². The van der Waals surface area contributed by atoms with Crippen LogP contribution in [0.3, 0.4) is 0 Å². The molecular formula is C17H9F3O7. The molecule has 0 aliphatic heterocycles. The van der Waals surface area contributed by atoms with Gasteiger partial charge in [-0.3, -0.25) is 4.79 Å². The van der Waals surface area contributed by atoms with Gasteiger partial charge in [-0.05, 0) is 24.3 Å². The fraction of sp³-hybridized carbons (Fsp3) is 0.0588. The van der Waals surface area contributed by atoms with Crippen molar-refractivity contribution >= 4 is 16.9 Å². The van der Waals surface area contributed by atoms with E-state index in [-0.39, 0.29) is 5.39 Å². The van der Waals surface area contributed by atoms with E-state index in [1.54, 1.807) is 0 Å². The molecule has 0 aliphatic rings. The van der Waals surface area contributed by atoms with Gasteiger partial charge in [-0.1, -0.05) is 0 Å². The third-order valence-electron chi connectivity index (χ3n) is 3.51. The van der Waals surface area contributed by atoms with Crippen LogP contribution in [0.5, 0.6) is 23.0 Å². The van der Waals surface area contributed by atoms with Gasteiger partial charge < -0.3 is 24.5 Å². The van der Waals surface area contributed by atoms with Gasteiger partial charge in [0.25, 0.3) is 5.76 Å². The number of benzene rings is 2. The first-order valence-electron chi connectivity index (χ1n) is 7.19. The van der Waals surface area contributed by atoms with Crippen LogP contribution in [0.1, 0.15) is 16.1 Å². The van der Waals surface area contributed by atoms with Crippen molar-refractivity contribution in [3.63, 3.8) is 0 Å². The van der Waals surface area contributed by atoms with E-state index in [1.807, 2.05) is 0 Å². The summed E-state index contributed by atoms with van der Waals surface area (Å²) < 4.78 is 49.6. The number of phenolic OH excluding ortho intramolecular Hbond substituents is 1. The Hall–Kier alpha value is -3.69. The number of ether oxygens (including phenoxy) is 1. The lowest BCUT2D eigenvalue weighted by Crippen LogP contribution is -2.15.